The zero-order valence-corrected chi connectivity index (χ0v) is 10.6. The van der Waals surface area contributed by atoms with Gasteiger partial charge in [-0.3, -0.25) is 4.68 Å². The maximum atomic E-state index is 5.86. The first kappa shape index (κ1) is 11.4. The van der Waals surface area contributed by atoms with Crippen LogP contribution in [0.4, 0.5) is 0 Å². The average Bonchev–Trinajstić information content (AvgIpc) is 2.60. The van der Waals surface area contributed by atoms with Gasteiger partial charge in [0.15, 0.2) is 0 Å². The quantitative estimate of drug-likeness (QED) is 0.623. The van der Waals surface area contributed by atoms with Crippen LogP contribution < -0.4 is 0 Å². The lowest BCUT2D eigenvalue weighted by Gasteiger charge is -2.00. The Morgan fingerprint density at radius 3 is 2.88 bits per heavy atom. The normalized spacial score (nSPS) is 10.7. The van der Waals surface area contributed by atoms with Gasteiger partial charge in [0.25, 0.3) is 0 Å². The standard InChI is InChI=1S/C10H11ClN4S/c1-7-3-9(11)14-10(13-7)6-16-8-4-12-15(2)5-8/h3-5H,6H2,1-2H3. The first-order valence-corrected chi connectivity index (χ1v) is 6.11. The van der Waals surface area contributed by atoms with E-state index < -0.39 is 0 Å². The van der Waals surface area contributed by atoms with E-state index >= 15 is 0 Å². The monoisotopic (exact) mass is 254 g/mol. The van der Waals surface area contributed by atoms with Gasteiger partial charge >= 0.3 is 0 Å². The summed E-state index contributed by atoms with van der Waals surface area (Å²) in [6.07, 6.45) is 3.78. The SMILES string of the molecule is Cc1cc(Cl)nc(CSc2cnn(C)c2)n1. The lowest BCUT2D eigenvalue weighted by Crippen LogP contribution is -1.94. The largest absolute Gasteiger partial charge is 0.275 e. The van der Waals surface area contributed by atoms with E-state index in [0.29, 0.717) is 10.9 Å². The predicted octanol–water partition coefficient (Wildman–Crippen LogP) is 2.46. The zero-order valence-electron chi connectivity index (χ0n) is 9.01. The Hall–Kier alpha value is -1.07. The third kappa shape index (κ3) is 2.96. The Kier molecular flexibility index (Phi) is 3.46. The van der Waals surface area contributed by atoms with E-state index in [1.807, 2.05) is 26.4 Å². The zero-order chi connectivity index (χ0) is 11.5. The van der Waals surface area contributed by atoms with Crippen molar-refractivity contribution in [2.75, 3.05) is 0 Å². The van der Waals surface area contributed by atoms with Crippen molar-refractivity contribution in [3.63, 3.8) is 0 Å². The van der Waals surface area contributed by atoms with Gasteiger partial charge in [-0.1, -0.05) is 11.6 Å². The number of thioether (sulfide) groups is 1. The maximum Gasteiger partial charge on any atom is 0.140 e. The van der Waals surface area contributed by atoms with Crippen molar-refractivity contribution >= 4 is 23.4 Å². The summed E-state index contributed by atoms with van der Waals surface area (Å²) in [5.41, 5.74) is 0.891. The highest BCUT2D eigenvalue weighted by molar-refractivity contribution is 7.98. The molecule has 0 unspecified atom stereocenters. The van der Waals surface area contributed by atoms with Crippen molar-refractivity contribution in [2.24, 2.45) is 7.05 Å². The highest BCUT2D eigenvalue weighted by atomic mass is 35.5. The molecule has 0 aliphatic rings. The molecule has 0 saturated carbocycles. The van der Waals surface area contributed by atoms with Crippen molar-refractivity contribution in [3.05, 3.63) is 35.1 Å². The van der Waals surface area contributed by atoms with E-state index in [1.165, 1.54) is 0 Å². The number of rotatable bonds is 3. The Bertz CT molecular complexity index is 477. The summed E-state index contributed by atoms with van der Waals surface area (Å²) in [4.78, 5) is 9.58. The van der Waals surface area contributed by atoms with Crippen LogP contribution in [0.1, 0.15) is 11.5 Å². The van der Waals surface area contributed by atoms with Gasteiger partial charge in [0, 0.05) is 23.8 Å². The molecule has 0 bridgehead atoms. The lowest BCUT2D eigenvalue weighted by atomic mass is 10.4. The Labute approximate surface area is 103 Å². The Morgan fingerprint density at radius 1 is 1.44 bits per heavy atom. The van der Waals surface area contributed by atoms with Gasteiger partial charge < -0.3 is 0 Å². The fraction of sp³-hybridized carbons (Fsp3) is 0.300. The molecule has 2 aromatic rings. The number of hydrogen-bond acceptors (Lipinski definition) is 4. The molecule has 16 heavy (non-hydrogen) atoms. The molecule has 0 spiro atoms. The van der Waals surface area contributed by atoms with E-state index in [2.05, 4.69) is 15.1 Å². The summed E-state index contributed by atoms with van der Waals surface area (Å²) in [5.74, 6) is 1.45. The van der Waals surface area contributed by atoms with Gasteiger partial charge in [-0.15, -0.1) is 11.8 Å². The Morgan fingerprint density at radius 2 is 2.25 bits per heavy atom. The number of nitrogens with zero attached hydrogens (tertiary/aromatic N) is 4. The molecule has 0 aliphatic heterocycles. The number of halogens is 1. The summed E-state index contributed by atoms with van der Waals surface area (Å²) in [5, 5.41) is 4.59. The molecule has 0 fully saturated rings. The van der Waals surface area contributed by atoms with E-state index in [9.17, 15) is 0 Å². The van der Waals surface area contributed by atoms with Crippen molar-refractivity contribution in [1.29, 1.82) is 0 Å². The third-order valence-corrected chi connectivity index (χ3v) is 3.06. The van der Waals surface area contributed by atoms with Crippen LogP contribution in [0.2, 0.25) is 5.15 Å². The molecule has 0 aromatic carbocycles. The average molecular weight is 255 g/mol. The molecule has 0 aliphatic carbocycles. The minimum atomic E-state index is 0.495. The van der Waals surface area contributed by atoms with Crippen molar-refractivity contribution in [3.8, 4) is 0 Å². The van der Waals surface area contributed by atoms with Gasteiger partial charge in [0.1, 0.15) is 11.0 Å². The molecule has 2 aromatic heterocycles. The predicted molar refractivity (Wildman–Crippen MR) is 64.5 cm³/mol. The van der Waals surface area contributed by atoms with Crippen LogP contribution in [0.25, 0.3) is 0 Å². The molecule has 0 atom stereocenters. The second kappa shape index (κ2) is 4.84. The van der Waals surface area contributed by atoms with Gasteiger partial charge in [-0.05, 0) is 13.0 Å². The van der Waals surface area contributed by atoms with Crippen LogP contribution >= 0.6 is 23.4 Å². The topological polar surface area (TPSA) is 43.6 Å². The molecular weight excluding hydrogens is 244 g/mol. The molecule has 0 saturated heterocycles. The first-order chi connectivity index (χ1) is 7.63. The fourth-order valence-electron chi connectivity index (χ4n) is 1.27. The first-order valence-electron chi connectivity index (χ1n) is 4.75. The summed E-state index contributed by atoms with van der Waals surface area (Å²) in [6, 6.07) is 1.75. The summed E-state index contributed by atoms with van der Waals surface area (Å²) >= 11 is 7.50. The number of aryl methyl sites for hydroxylation is 2. The molecule has 2 rings (SSSR count). The second-order valence-electron chi connectivity index (χ2n) is 3.39. The molecule has 4 nitrogen and oxygen atoms in total. The number of aromatic nitrogens is 4. The minimum absolute atomic E-state index is 0.495. The van der Waals surface area contributed by atoms with E-state index in [0.717, 1.165) is 16.4 Å². The lowest BCUT2D eigenvalue weighted by molar-refractivity contribution is 0.766. The van der Waals surface area contributed by atoms with Crippen molar-refractivity contribution in [2.45, 2.75) is 17.6 Å². The van der Waals surface area contributed by atoms with Gasteiger partial charge in [-0.25, -0.2) is 9.97 Å². The molecular formula is C10H11ClN4S. The van der Waals surface area contributed by atoms with Crippen molar-refractivity contribution < 1.29 is 0 Å². The Balaban J connectivity index is 2.04. The smallest absolute Gasteiger partial charge is 0.140 e. The van der Waals surface area contributed by atoms with Crippen LogP contribution in [0.15, 0.2) is 23.4 Å². The highest BCUT2D eigenvalue weighted by Gasteiger charge is 2.03. The fourth-order valence-corrected chi connectivity index (χ4v) is 2.30. The van der Waals surface area contributed by atoms with Gasteiger partial charge in [-0.2, -0.15) is 5.10 Å². The van der Waals surface area contributed by atoms with Gasteiger partial charge in [0.2, 0.25) is 0 Å². The molecule has 0 amide bonds. The summed E-state index contributed by atoms with van der Waals surface area (Å²) < 4.78 is 1.77. The molecule has 0 N–H and O–H groups in total. The van der Waals surface area contributed by atoms with Crippen LogP contribution in [0, 0.1) is 6.92 Å². The molecule has 6 heteroatoms. The summed E-state index contributed by atoms with van der Waals surface area (Å²) in [7, 11) is 1.89. The molecule has 0 radical (unpaired) electrons. The third-order valence-electron chi connectivity index (χ3n) is 1.92. The van der Waals surface area contributed by atoms with Crippen LogP contribution in [-0.2, 0) is 12.8 Å². The maximum absolute atomic E-state index is 5.86. The van der Waals surface area contributed by atoms with Crippen LogP contribution in [-0.4, -0.2) is 19.7 Å². The van der Waals surface area contributed by atoms with Crippen molar-refractivity contribution in [1.82, 2.24) is 19.7 Å². The van der Waals surface area contributed by atoms with Crippen LogP contribution in [0.3, 0.4) is 0 Å². The molecule has 2 heterocycles. The van der Waals surface area contributed by atoms with E-state index in [1.54, 1.807) is 22.5 Å². The number of hydrogen-bond donors (Lipinski definition) is 0. The highest BCUT2D eigenvalue weighted by Crippen LogP contribution is 2.20. The minimum Gasteiger partial charge on any atom is -0.275 e. The second-order valence-corrected chi connectivity index (χ2v) is 4.82. The summed E-state index contributed by atoms with van der Waals surface area (Å²) in [6.45, 7) is 1.91. The van der Waals surface area contributed by atoms with E-state index in [4.69, 9.17) is 11.6 Å². The van der Waals surface area contributed by atoms with Crippen LogP contribution in [0.5, 0.6) is 0 Å². The van der Waals surface area contributed by atoms with Gasteiger partial charge in [0.05, 0.1) is 11.9 Å². The van der Waals surface area contributed by atoms with E-state index in [-0.39, 0.29) is 0 Å². The molecule has 84 valence electrons.